The Kier molecular flexibility index (Phi) is 61.6. The second kappa shape index (κ2) is 66.5. The predicted molar refractivity (Wildman–Crippen MR) is 352 cm³/mol. The van der Waals surface area contributed by atoms with Crippen molar-refractivity contribution in [3.05, 3.63) is 207 Å². The molecule has 0 aromatic rings. The van der Waals surface area contributed by atoms with Crippen molar-refractivity contribution in [2.45, 2.75) is 232 Å². The van der Waals surface area contributed by atoms with Gasteiger partial charge in [0.05, 0.1) is 0 Å². The van der Waals surface area contributed by atoms with Crippen LogP contribution in [0.2, 0.25) is 0 Å². The molecule has 1 atom stereocenters. The molecule has 0 amide bonds. The van der Waals surface area contributed by atoms with E-state index >= 15 is 0 Å². The minimum Gasteiger partial charge on any atom is -0.462 e. The van der Waals surface area contributed by atoms with Crippen LogP contribution in [0.4, 0.5) is 0 Å². The molecular formula is C75H112O6. The summed E-state index contributed by atoms with van der Waals surface area (Å²) in [5, 5.41) is 0. The fourth-order valence-electron chi connectivity index (χ4n) is 7.62. The molecule has 0 saturated heterocycles. The molecular weight excluding hydrogens is 997 g/mol. The van der Waals surface area contributed by atoms with E-state index in [2.05, 4.69) is 215 Å². The van der Waals surface area contributed by atoms with Crippen LogP contribution in [0.15, 0.2) is 207 Å². The van der Waals surface area contributed by atoms with Crippen LogP contribution in [-0.4, -0.2) is 37.2 Å². The molecule has 1 unspecified atom stereocenters. The van der Waals surface area contributed by atoms with Crippen LogP contribution >= 0.6 is 0 Å². The zero-order chi connectivity index (χ0) is 58.5. The van der Waals surface area contributed by atoms with Gasteiger partial charge in [-0.3, -0.25) is 14.4 Å². The van der Waals surface area contributed by atoms with E-state index in [4.69, 9.17) is 14.2 Å². The first kappa shape index (κ1) is 75.0. The van der Waals surface area contributed by atoms with Crippen LogP contribution in [0.5, 0.6) is 0 Å². The Morgan fingerprint density at radius 3 is 0.852 bits per heavy atom. The smallest absolute Gasteiger partial charge is 0.306 e. The third-order valence-electron chi connectivity index (χ3n) is 12.3. The zero-order valence-electron chi connectivity index (χ0n) is 51.2. The SMILES string of the molecule is CC/C=C\C/C=C\C/C=C\C/C=C\C/C=C\C/C=C\C/C=C\C/C=C\C/C=C\CCCC(=O)OCC(COC(=O)CCCCCCC/C=C\C/C=C\CCCCC)OC(=O)CC/C=C\C/C=C\C/C=C\C/C=C\C/C=C\C/C=C\CC. The Morgan fingerprint density at radius 2 is 0.519 bits per heavy atom. The Hall–Kier alpha value is -6.01. The fourth-order valence-corrected chi connectivity index (χ4v) is 7.62. The van der Waals surface area contributed by atoms with Gasteiger partial charge in [0.2, 0.25) is 0 Å². The van der Waals surface area contributed by atoms with E-state index in [0.29, 0.717) is 19.3 Å². The number of hydrogen-bond donors (Lipinski definition) is 0. The lowest BCUT2D eigenvalue weighted by atomic mass is 10.1. The average Bonchev–Trinajstić information content (AvgIpc) is 3.47. The standard InChI is InChI=1S/C75H112O6/c1-4-7-10-13-16-19-22-25-28-30-32-33-34-35-36-37-38-39-40-41-43-44-47-50-53-56-59-62-65-68-74(77)80-71-72(70-79-73(76)67-64-61-58-55-52-49-46-27-24-21-18-15-12-9-6-3)81-75(78)69-66-63-60-57-54-51-48-45-42-31-29-26-23-20-17-14-11-8-5-2/h7-8,10-11,16-21,25-29,32-33,35-36,38-39,41-43,45-47,50-51,54,56,59-60,63,72H,4-6,9,12-15,22-24,30-31,34,37,40,44,48-49,52-53,55,57-58,61-62,64-71H2,1-3H3/b10-7-,11-8-,19-16-,20-17-,21-18-,28-25-,29-26-,33-32-,36-35-,39-38-,43-41-,45-42-,46-27-,50-47-,54-51-,59-56-,63-60-. The number of carbonyl (C=O) groups excluding carboxylic acids is 3. The molecule has 0 heterocycles. The normalized spacial score (nSPS) is 13.6. The van der Waals surface area contributed by atoms with Crippen LogP contribution in [-0.2, 0) is 28.6 Å². The third-order valence-corrected chi connectivity index (χ3v) is 12.3. The summed E-state index contributed by atoms with van der Waals surface area (Å²) >= 11 is 0. The molecule has 0 rings (SSSR count). The highest BCUT2D eigenvalue weighted by Gasteiger charge is 2.19. The first-order chi connectivity index (χ1) is 40.0. The van der Waals surface area contributed by atoms with Gasteiger partial charge in [-0.15, -0.1) is 0 Å². The van der Waals surface area contributed by atoms with E-state index < -0.39 is 12.1 Å². The summed E-state index contributed by atoms with van der Waals surface area (Å²) < 4.78 is 16.8. The number of unbranched alkanes of at least 4 members (excludes halogenated alkanes) is 9. The molecule has 6 nitrogen and oxygen atoms in total. The topological polar surface area (TPSA) is 78.9 Å². The Balaban J connectivity index is 4.61. The third kappa shape index (κ3) is 64.7. The molecule has 0 aromatic carbocycles. The van der Waals surface area contributed by atoms with E-state index in [1.165, 1.54) is 25.7 Å². The van der Waals surface area contributed by atoms with E-state index in [1.54, 1.807) is 0 Å². The van der Waals surface area contributed by atoms with Crippen molar-refractivity contribution < 1.29 is 28.6 Å². The maximum atomic E-state index is 12.9. The zero-order valence-corrected chi connectivity index (χ0v) is 51.2. The molecule has 0 bridgehead atoms. The quantitative estimate of drug-likeness (QED) is 0.0261. The monoisotopic (exact) mass is 1110 g/mol. The molecule has 0 aromatic heterocycles. The summed E-state index contributed by atoms with van der Waals surface area (Å²) in [4.78, 5) is 38.2. The highest BCUT2D eigenvalue weighted by atomic mass is 16.6. The molecule has 6 heteroatoms. The van der Waals surface area contributed by atoms with E-state index in [-0.39, 0.29) is 38.0 Å². The lowest BCUT2D eigenvalue weighted by Crippen LogP contribution is -2.30. The molecule has 0 fully saturated rings. The molecule has 0 N–H and O–H groups in total. The number of rotatable bonds is 54. The first-order valence-electron chi connectivity index (χ1n) is 31.6. The van der Waals surface area contributed by atoms with Gasteiger partial charge < -0.3 is 14.2 Å². The highest BCUT2D eigenvalue weighted by Crippen LogP contribution is 2.11. The van der Waals surface area contributed by atoms with Gasteiger partial charge in [-0.1, -0.05) is 259 Å². The van der Waals surface area contributed by atoms with Gasteiger partial charge >= 0.3 is 17.9 Å². The van der Waals surface area contributed by atoms with Gasteiger partial charge in [-0.05, 0) is 154 Å². The molecule has 448 valence electrons. The molecule has 0 aliphatic rings. The van der Waals surface area contributed by atoms with Crippen molar-refractivity contribution in [3.63, 3.8) is 0 Å². The predicted octanol–water partition coefficient (Wildman–Crippen LogP) is 22.0. The Labute approximate surface area is 496 Å². The summed E-state index contributed by atoms with van der Waals surface area (Å²) in [5.41, 5.74) is 0. The second-order valence-electron chi connectivity index (χ2n) is 19.8. The van der Waals surface area contributed by atoms with Gasteiger partial charge in [0.1, 0.15) is 13.2 Å². The highest BCUT2D eigenvalue weighted by molar-refractivity contribution is 5.71. The molecule has 81 heavy (non-hydrogen) atoms. The summed E-state index contributed by atoms with van der Waals surface area (Å²) in [5.74, 6) is -1.12. The van der Waals surface area contributed by atoms with Crippen molar-refractivity contribution in [2.75, 3.05) is 13.2 Å². The van der Waals surface area contributed by atoms with Crippen molar-refractivity contribution in [1.29, 1.82) is 0 Å². The molecule has 0 spiro atoms. The van der Waals surface area contributed by atoms with Gasteiger partial charge in [0.25, 0.3) is 0 Å². The molecule has 0 aliphatic heterocycles. The van der Waals surface area contributed by atoms with E-state index in [0.717, 1.165) is 148 Å². The van der Waals surface area contributed by atoms with Crippen molar-refractivity contribution in [2.24, 2.45) is 0 Å². The number of hydrogen-bond acceptors (Lipinski definition) is 6. The maximum absolute atomic E-state index is 12.9. The second-order valence-corrected chi connectivity index (χ2v) is 19.8. The lowest BCUT2D eigenvalue weighted by Gasteiger charge is -2.18. The van der Waals surface area contributed by atoms with Gasteiger partial charge in [0, 0.05) is 19.3 Å². The van der Waals surface area contributed by atoms with Gasteiger partial charge in [0.15, 0.2) is 6.10 Å². The summed E-state index contributed by atoms with van der Waals surface area (Å²) in [7, 11) is 0. The lowest BCUT2D eigenvalue weighted by molar-refractivity contribution is -0.166. The van der Waals surface area contributed by atoms with Crippen molar-refractivity contribution in [3.8, 4) is 0 Å². The number of allylic oxidation sites excluding steroid dienone is 34. The average molecular weight is 1110 g/mol. The molecule has 0 aliphatic carbocycles. The number of esters is 3. The van der Waals surface area contributed by atoms with E-state index in [9.17, 15) is 14.4 Å². The fraction of sp³-hybridized carbons (Fsp3) is 0.507. The number of carbonyl (C=O) groups is 3. The first-order valence-corrected chi connectivity index (χ1v) is 31.6. The Bertz CT molecular complexity index is 2000. The van der Waals surface area contributed by atoms with Crippen LogP contribution in [0.1, 0.15) is 226 Å². The van der Waals surface area contributed by atoms with Crippen LogP contribution in [0.25, 0.3) is 0 Å². The van der Waals surface area contributed by atoms with Gasteiger partial charge in [-0.2, -0.15) is 0 Å². The largest absolute Gasteiger partial charge is 0.462 e. The van der Waals surface area contributed by atoms with Gasteiger partial charge in [-0.25, -0.2) is 0 Å². The molecule has 0 saturated carbocycles. The summed E-state index contributed by atoms with van der Waals surface area (Å²) in [6, 6.07) is 0. The maximum Gasteiger partial charge on any atom is 0.306 e. The van der Waals surface area contributed by atoms with Crippen molar-refractivity contribution >= 4 is 17.9 Å². The summed E-state index contributed by atoms with van der Waals surface area (Å²) in [6.07, 6.45) is 103. The van der Waals surface area contributed by atoms with Crippen LogP contribution < -0.4 is 0 Å². The minimum atomic E-state index is -0.863. The van der Waals surface area contributed by atoms with E-state index in [1.807, 2.05) is 12.2 Å². The molecule has 0 radical (unpaired) electrons. The summed E-state index contributed by atoms with van der Waals surface area (Å²) in [6.45, 7) is 6.24. The van der Waals surface area contributed by atoms with Crippen molar-refractivity contribution in [1.82, 2.24) is 0 Å². The number of ether oxygens (including phenoxy) is 3. The van der Waals surface area contributed by atoms with Crippen LogP contribution in [0, 0.1) is 0 Å². The Morgan fingerprint density at radius 1 is 0.259 bits per heavy atom. The minimum absolute atomic E-state index is 0.145. The van der Waals surface area contributed by atoms with Crippen LogP contribution in [0.3, 0.4) is 0 Å².